The highest BCUT2D eigenvalue weighted by atomic mass is 35.5. The molecule has 0 aliphatic rings. The highest BCUT2D eigenvalue weighted by Gasteiger charge is 2.20. The molecular formula is C11H23ClO. The molecule has 0 aliphatic heterocycles. The van der Waals surface area contributed by atoms with Crippen molar-refractivity contribution in [1.29, 1.82) is 0 Å². The molecular weight excluding hydrogens is 184 g/mol. The predicted octanol–water partition coefficient (Wildman–Crippen LogP) is 3.58. The van der Waals surface area contributed by atoms with Crippen molar-refractivity contribution in [2.45, 2.75) is 59.0 Å². The molecule has 80 valence electrons. The van der Waals surface area contributed by atoms with E-state index in [1.165, 1.54) is 12.8 Å². The molecule has 1 atom stereocenters. The van der Waals surface area contributed by atoms with Gasteiger partial charge in [0.25, 0.3) is 0 Å². The first kappa shape index (κ1) is 13.2. The zero-order valence-electron chi connectivity index (χ0n) is 9.15. The Morgan fingerprint density at radius 3 is 2.08 bits per heavy atom. The second-order valence-corrected chi connectivity index (χ2v) is 5.15. The Balaban J connectivity index is 3.32. The Labute approximate surface area is 87.5 Å². The third-order valence-corrected chi connectivity index (χ3v) is 2.63. The molecule has 0 heterocycles. The Kier molecular flexibility index (Phi) is 6.79. The smallest absolute Gasteiger partial charge is 0.0588 e. The van der Waals surface area contributed by atoms with Crippen molar-refractivity contribution >= 4 is 11.6 Å². The number of alkyl halides is 1. The minimum atomic E-state index is -0.163. The van der Waals surface area contributed by atoms with Gasteiger partial charge < -0.3 is 5.11 Å². The van der Waals surface area contributed by atoms with E-state index in [1.54, 1.807) is 0 Å². The van der Waals surface area contributed by atoms with Crippen molar-refractivity contribution in [3.8, 4) is 0 Å². The molecule has 2 heteroatoms. The minimum absolute atomic E-state index is 0.0342. The number of aliphatic hydroxyl groups excluding tert-OH is 1. The summed E-state index contributed by atoms with van der Waals surface area (Å²) in [5.41, 5.74) is 0.0342. The number of unbranched alkanes of at least 4 members (excludes halogenated alkanes) is 3. The molecule has 0 saturated carbocycles. The van der Waals surface area contributed by atoms with Crippen molar-refractivity contribution in [3.63, 3.8) is 0 Å². The van der Waals surface area contributed by atoms with Gasteiger partial charge in [-0.25, -0.2) is 0 Å². The van der Waals surface area contributed by atoms with E-state index in [9.17, 15) is 5.11 Å². The summed E-state index contributed by atoms with van der Waals surface area (Å²) in [6.45, 7) is 6.24. The monoisotopic (exact) mass is 206 g/mol. The fraction of sp³-hybridized carbons (Fsp3) is 1.00. The number of hydrogen-bond donors (Lipinski definition) is 1. The second-order valence-electron chi connectivity index (χ2n) is 4.77. The van der Waals surface area contributed by atoms with Gasteiger partial charge in [0.2, 0.25) is 0 Å². The van der Waals surface area contributed by atoms with Gasteiger partial charge in [0.15, 0.2) is 0 Å². The lowest BCUT2D eigenvalue weighted by atomic mass is 9.86. The lowest BCUT2D eigenvalue weighted by molar-refractivity contribution is 0.0534. The van der Waals surface area contributed by atoms with Crippen LogP contribution in [0.3, 0.4) is 0 Å². The molecule has 0 bridgehead atoms. The van der Waals surface area contributed by atoms with Crippen molar-refractivity contribution in [1.82, 2.24) is 0 Å². The molecule has 0 saturated heterocycles. The summed E-state index contributed by atoms with van der Waals surface area (Å²) >= 11 is 5.57. The predicted molar refractivity (Wildman–Crippen MR) is 59.3 cm³/mol. The Hall–Kier alpha value is 0.250. The van der Waals surface area contributed by atoms with Crippen molar-refractivity contribution in [2.75, 3.05) is 5.88 Å². The van der Waals surface area contributed by atoms with Crippen molar-refractivity contribution in [3.05, 3.63) is 0 Å². The summed E-state index contributed by atoms with van der Waals surface area (Å²) in [5, 5.41) is 9.72. The molecule has 0 rings (SSSR count). The van der Waals surface area contributed by atoms with Crippen LogP contribution in [0.25, 0.3) is 0 Å². The molecule has 0 fully saturated rings. The number of halogens is 1. The van der Waals surface area contributed by atoms with Crippen LogP contribution in [-0.4, -0.2) is 17.1 Å². The largest absolute Gasteiger partial charge is 0.393 e. The maximum atomic E-state index is 9.72. The normalized spacial score (nSPS) is 14.5. The molecule has 0 aromatic rings. The van der Waals surface area contributed by atoms with Gasteiger partial charge in [-0.3, -0.25) is 0 Å². The summed E-state index contributed by atoms with van der Waals surface area (Å²) in [7, 11) is 0. The van der Waals surface area contributed by atoms with Crippen LogP contribution in [0.5, 0.6) is 0 Å². The third kappa shape index (κ3) is 7.33. The van der Waals surface area contributed by atoms with Gasteiger partial charge in [0.05, 0.1) is 6.10 Å². The maximum Gasteiger partial charge on any atom is 0.0588 e. The molecule has 1 unspecified atom stereocenters. The lowest BCUT2D eigenvalue weighted by Crippen LogP contribution is -2.25. The van der Waals surface area contributed by atoms with Crippen LogP contribution in [0.1, 0.15) is 52.9 Å². The van der Waals surface area contributed by atoms with Crippen LogP contribution in [-0.2, 0) is 0 Å². The fourth-order valence-corrected chi connectivity index (χ4v) is 1.41. The number of hydrogen-bond acceptors (Lipinski definition) is 1. The Morgan fingerprint density at radius 1 is 1.08 bits per heavy atom. The number of rotatable bonds is 6. The summed E-state index contributed by atoms with van der Waals surface area (Å²) in [6, 6.07) is 0. The Morgan fingerprint density at radius 2 is 1.62 bits per heavy atom. The van der Waals surface area contributed by atoms with Gasteiger partial charge in [-0.1, -0.05) is 40.0 Å². The van der Waals surface area contributed by atoms with Gasteiger partial charge in [-0.05, 0) is 18.3 Å². The van der Waals surface area contributed by atoms with Crippen molar-refractivity contribution < 1.29 is 5.11 Å². The van der Waals surface area contributed by atoms with E-state index in [4.69, 9.17) is 11.6 Å². The van der Waals surface area contributed by atoms with E-state index in [0.717, 1.165) is 25.1 Å². The molecule has 0 aromatic heterocycles. The zero-order chi connectivity index (χ0) is 10.3. The molecule has 1 nitrogen and oxygen atoms in total. The van der Waals surface area contributed by atoms with Gasteiger partial charge in [0.1, 0.15) is 0 Å². The van der Waals surface area contributed by atoms with Gasteiger partial charge in [0, 0.05) is 5.88 Å². The topological polar surface area (TPSA) is 20.2 Å². The standard InChI is InChI=1S/C11H23ClO/c1-11(2,3)10(13)8-6-4-5-7-9-12/h10,13H,4-9H2,1-3H3. The quantitative estimate of drug-likeness (QED) is 0.520. The molecule has 1 N–H and O–H groups in total. The summed E-state index contributed by atoms with van der Waals surface area (Å²) < 4.78 is 0. The summed E-state index contributed by atoms with van der Waals surface area (Å²) in [5.74, 6) is 0.766. The Bertz CT molecular complexity index is 118. The SMILES string of the molecule is CC(C)(C)C(O)CCCCCCCl. The van der Waals surface area contributed by atoms with Gasteiger partial charge >= 0.3 is 0 Å². The van der Waals surface area contributed by atoms with Crippen LogP contribution in [0.4, 0.5) is 0 Å². The van der Waals surface area contributed by atoms with Crippen LogP contribution < -0.4 is 0 Å². The van der Waals surface area contributed by atoms with Crippen LogP contribution in [0, 0.1) is 5.41 Å². The fourth-order valence-electron chi connectivity index (χ4n) is 1.22. The molecule has 0 amide bonds. The first-order chi connectivity index (χ1) is 5.98. The van der Waals surface area contributed by atoms with E-state index in [-0.39, 0.29) is 11.5 Å². The van der Waals surface area contributed by atoms with E-state index in [0.29, 0.717) is 0 Å². The summed E-state index contributed by atoms with van der Waals surface area (Å²) in [4.78, 5) is 0. The van der Waals surface area contributed by atoms with Crippen LogP contribution in [0.15, 0.2) is 0 Å². The average molecular weight is 207 g/mol. The third-order valence-electron chi connectivity index (χ3n) is 2.36. The highest BCUT2D eigenvalue weighted by molar-refractivity contribution is 6.17. The highest BCUT2D eigenvalue weighted by Crippen LogP contribution is 2.23. The molecule has 13 heavy (non-hydrogen) atoms. The average Bonchev–Trinajstić information content (AvgIpc) is 2.02. The molecule has 0 aliphatic carbocycles. The maximum absolute atomic E-state index is 9.72. The second kappa shape index (κ2) is 6.67. The first-order valence-corrected chi connectivity index (χ1v) is 5.76. The van der Waals surface area contributed by atoms with E-state index in [2.05, 4.69) is 20.8 Å². The van der Waals surface area contributed by atoms with Crippen molar-refractivity contribution in [2.24, 2.45) is 5.41 Å². The molecule has 0 aromatic carbocycles. The lowest BCUT2D eigenvalue weighted by Gasteiger charge is -2.25. The molecule has 0 spiro atoms. The van der Waals surface area contributed by atoms with E-state index >= 15 is 0 Å². The summed E-state index contributed by atoms with van der Waals surface area (Å²) in [6.07, 6.45) is 5.37. The van der Waals surface area contributed by atoms with E-state index in [1.807, 2.05) is 0 Å². The van der Waals surface area contributed by atoms with Crippen LogP contribution in [0.2, 0.25) is 0 Å². The minimum Gasteiger partial charge on any atom is -0.393 e. The van der Waals surface area contributed by atoms with E-state index < -0.39 is 0 Å². The number of aliphatic hydroxyl groups is 1. The zero-order valence-corrected chi connectivity index (χ0v) is 9.90. The van der Waals surface area contributed by atoms with Crippen LogP contribution >= 0.6 is 11.6 Å². The molecule has 0 radical (unpaired) electrons. The van der Waals surface area contributed by atoms with Gasteiger partial charge in [-0.15, -0.1) is 11.6 Å². The first-order valence-electron chi connectivity index (χ1n) is 5.22. The van der Waals surface area contributed by atoms with Gasteiger partial charge in [-0.2, -0.15) is 0 Å².